The molecule has 1 saturated heterocycles. The van der Waals surface area contributed by atoms with E-state index in [2.05, 4.69) is 6.58 Å². The maximum absolute atomic E-state index is 15.0. The third kappa shape index (κ3) is 6.01. The van der Waals surface area contributed by atoms with Crippen molar-refractivity contribution >= 4 is 0 Å². The van der Waals surface area contributed by atoms with Crippen LogP contribution in [0.3, 0.4) is 0 Å². The normalized spacial score (nSPS) is 17.7. The average Bonchev–Trinajstić information content (AvgIpc) is 2.90. The van der Waals surface area contributed by atoms with E-state index in [1.807, 2.05) is 25.1 Å². The summed E-state index contributed by atoms with van der Waals surface area (Å²) in [5, 5.41) is 0. The summed E-state index contributed by atoms with van der Waals surface area (Å²) in [6, 6.07) is 15.3. The van der Waals surface area contributed by atoms with Crippen LogP contribution in [0.4, 0.5) is 13.2 Å². The minimum Gasteiger partial charge on any atom is -0.490 e. The van der Waals surface area contributed by atoms with Crippen LogP contribution in [-0.4, -0.2) is 19.3 Å². The van der Waals surface area contributed by atoms with Crippen molar-refractivity contribution < 1.29 is 22.6 Å². The maximum Gasteiger partial charge on any atom is 0.201 e. The molecular formula is C31H33F3O2. The number of halogens is 3. The van der Waals surface area contributed by atoms with Crippen molar-refractivity contribution in [2.75, 3.05) is 13.2 Å². The Hall–Kier alpha value is -3.05. The Morgan fingerprint density at radius 3 is 2.36 bits per heavy atom. The number of allylic oxidation sites excluding steroid dienone is 1. The monoisotopic (exact) mass is 494 g/mol. The van der Waals surface area contributed by atoms with Crippen molar-refractivity contribution in [3.63, 3.8) is 0 Å². The van der Waals surface area contributed by atoms with Gasteiger partial charge < -0.3 is 9.47 Å². The number of rotatable bonds is 10. The van der Waals surface area contributed by atoms with Gasteiger partial charge in [0, 0.05) is 11.5 Å². The van der Waals surface area contributed by atoms with Crippen LogP contribution in [-0.2, 0) is 4.74 Å². The second kappa shape index (κ2) is 12.3. The molecule has 1 aliphatic rings. The zero-order valence-electron chi connectivity index (χ0n) is 20.7. The smallest absolute Gasteiger partial charge is 0.201 e. The molecule has 0 N–H and O–H groups in total. The highest BCUT2D eigenvalue weighted by Gasteiger charge is 2.25. The number of benzene rings is 3. The largest absolute Gasteiger partial charge is 0.490 e. The summed E-state index contributed by atoms with van der Waals surface area (Å²) >= 11 is 0. The van der Waals surface area contributed by atoms with E-state index in [0.29, 0.717) is 24.3 Å². The zero-order chi connectivity index (χ0) is 25.5. The first-order valence-corrected chi connectivity index (χ1v) is 12.7. The lowest BCUT2D eigenvalue weighted by atomic mass is 9.89. The van der Waals surface area contributed by atoms with Gasteiger partial charge in [0.2, 0.25) is 5.82 Å². The lowest BCUT2D eigenvalue weighted by Gasteiger charge is -2.29. The fourth-order valence-corrected chi connectivity index (χ4v) is 4.66. The molecule has 0 amide bonds. The highest BCUT2D eigenvalue weighted by atomic mass is 19.2. The van der Waals surface area contributed by atoms with Gasteiger partial charge in [-0.3, -0.25) is 0 Å². The summed E-state index contributed by atoms with van der Waals surface area (Å²) in [5.74, 6) is -2.19. The second-order valence-corrected chi connectivity index (χ2v) is 9.35. The average molecular weight is 495 g/mol. The Morgan fingerprint density at radius 1 is 0.944 bits per heavy atom. The van der Waals surface area contributed by atoms with E-state index in [1.54, 1.807) is 24.3 Å². The van der Waals surface area contributed by atoms with E-state index in [-0.39, 0.29) is 29.2 Å². The van der Waals surface area contributed by atoms with Crippen LogP contribution in [0.1, 0.15) is 56.9 Å². The second-order valence-electron chi connectivity index (χ2n) is 9.35. The van der Waals surface area contributed by atoms with E-state index in [9.17, 15) is 8.78 Å². The molecule has 0 bridgehead atoms. The molecular weight excluding hydrogens is 461 g/mol. The molecule has 0 aliphatic carbocycles. The first-order valence-electron chi connectivity index (χ1n) is 12.7. The van der Waals surface area contributed by atoms with Crippen molar-refractivity contribution in [2.45, 2.75) is 57.5 Å². The molecule has 0 saturated carbocycles. The Kier molecular flexibility index (Phi) is 8.87. The molecule has 0 spiro atoms. The molecule has 36 heavy (non-hydrogen) atoms. The molecule has 190 valence electrons. The first kappa shape index (κ1) is 26.0. The van der Waals surface area contributed by atoms with Crippen molar-refractivity contribution in [1.82, 2.24) is 0 Å². The fraction of sp³-hybridized carbons (Fsp3) is 0.355. The van der Waals surface area contributed by atoms with Gasteiger partial charge in [-0.05, 0) is 72.6 Å². The van der Waals surface area contributed by atoms with Gasteiger partial charge in [0.05, 0.1) is 19.3 Å². The van der Waals surface area contributed by atoms with Gasteiger partial charge in [-0.15, -0.1) is 6.58 Å². The van der Waals surface area contributed by atoms with Crippen LogP contribution < -0.4 is 4.74 Å². The van der Waals surface area contributed by atoms with Gasteiger partial charge in [-0.25, -0.2) is 8.78 Å². The molecule has 1 fully saturated rings. The van der Waals surface area contributed by atoms with Gasteiger partial charge in [0.15, 0.2) is 11.6 Å². The van der Waals surface area contributed by atoms with E-state index in [4.69, 9.17) is 9.47 Å². The van der Waals surface area contributed by atoms with Crippen LogP contribution in [0.15, 0.2) is 67.3 Å². The van der Waals surface area contributed by atoms with Gasteiger partial charge in [0.1, 0.15) is 5.82 Å². The molecule has 5 heteroatoms. The number of hydrogen-bond acceptors (Lipinski definition) is 2. The van der Waals surface area contributed by atoms with Crippen molar-refractivity contribution in [3.05, 3.63) is 90.3 Å². The Labute approximate surface area is 211 Å². The van der Waals surface area contributed by atoms with E-state index < -0.39 is 11.6 Å². The van der Waals surface area contributed by atoms with E-state index in [0.717, 1.165) is 49.7 Å². The van der Waals surface area contributed by atoms with Crippen molar-refractivity contribution in [3.8, 4) is 28.0 Å². The predicted molar refractivity (Wildman–Crippen MR) is 139 cm³/mol. The third-order valence-corrected chi connectivity index (χ3v) is 6.83. The predicted octanol–water partition coefficient (Wildman–Crippen LogP) is 8.85. The zero-order valence-corrected chi connectivity index (χ0v) is 20.7. The maximum atomic E-state index is 15.0. The quantitative estimate of drug-likeness (QED) is 0.207. The Bertz CT molecular complexity index is 1170. The van der Waals surface area contributed by atoms with Crippen LogP contribution in [0.25, 0.3) is 22.3 Å². The molecule has 2 nitrogen and oxygen atoms in total. The van der Waals surface area contributed by atoms with Crippen LogP contribution in [0, 0.1) is 17.5 Å². The fourth-order valence-electron chi connectivity index (χ4n) is 4.66. The van der Waals surface area contributed by atoms with E-state index in [1.165, 1.54) is 18.2 Å². The van der Waals surface area contributed by atoms with Crippen molar-refractivity contribution in [2.24, 2.45) is 0 Å². The minimum absolute atomic E-state index is 0.0493. The molecule has 3 aromatic rings. The lowest BCUT2D eigenvalue weighted by molar-refractivity contribution is -0.000784. The first-order chi connectivity index (χ1) is 17.5. The summed E-state index contributed by atoms with van der Waals surface area (Å²) in [6.07, 6.45) is 7.52. The molecule has 1 aliphatic heterocycles. The van der Waals surface area contributed by atoms with Gasteiger partial charge in [-0.2, -0.15) is 4.39 Å². The van der Waals surface area contributed by atoms with Crippen LogP contribution >= 0.6 is 0 Å². The van der Waals surface area contributed by atoms with Crippen molar-refractivity contribution in [1.29, 1.82) is 0 Å². The SMILES string of the molecule is C=CCCC1CCC(c2ccc(-c3ccc(-c4ccc(OCCCC)c(F)c4F)cc3)cc2F)CO1. The Morgan fingerprint density at radius 2 is 1.69 bits per heavy atom. The topological polar surface area (TPSA) is 18.5 Å². The molecule has 2 atom stereocenters. The summed E-state index contributed by atoms with van der Waals surface area (Å²) in [7, 11) is 0. The number of ether oxygens (including phenoxy) is 2. The molecule has 3 aromatic carbocycles. The molecule has 1 heterocycles. The highest BCUT2D eigenvalue weighted by Crippen LogP contribution is 2.35. The Balaban J connectivity index is 1.45. The molecule has 0 aromatic heterocycles. The summed E-state index contributed by atoms with van der Waals surface area (Å²) in [4.78, 5) is 0. The summed E-state index contributed by atoms with van der Waals surface area (Å²) < 4.78 is 55.5. The van der Waals surface area contributed by atoms with Gasteiger partial charge in [0.25, 0.3) is 0 Å². The molecule has 4 rings (SSSR count). The highest BCUT2D eigenvalue weighted by molar-refractivity contribution is 5.71. The third-order valence-electron chi connectivity index (χ3n) is 6.83. The minimum atomic E-state index is -0.982. The molecule has 2 unspecified atom stereocenters. The lowest BCUT2D eigenvalue weighted by Crippen LogP contribution is -2.25. The van der Waals surface area contributed by atoms with Gasteiger partial charge >= 0.3 is 0 Å². The van der Waals surface area contributed by atoms with E-state index >= 15 is 4.39 Å². The number of unbranched alkanes of at least 4 members (excludes halogenated alkanes) is 1. The van der Waals surface area contributed by atoms with Crippen LogP contribution in [0.2, 0.25) is 0 Å². The standard InChI is InChI=1S/C31H33F3O2/c1-3-5-7-25-14-12-24(20-36-25)26-15-13-23(19-28(26)32)21-8-10-22(11-9-21)27-16-17-29(31(34)30(27)33)35-18-6-4-2/h3,8-11,13,15-17,19,24-25H,1,4-7,12,14,18,20H2,2H3. The van der Waals surface area contributed by atoms with Gasteiger partial charge in [-0.1, -0.05) is 55.8 Å². The molecule has 0 radical (unpaired) electrons. The summed E-state index contributed by atoms with van der Waals surface area (Å²) in [6.45, 7) is 6.63. The number of hydrogen-bond donors (Lipinski definition) is 0. The van der Waals surface area contributed by atoms with Crippen LogP contribution in [0.5, 0.6) is 5.75 Å². The summed E-state index contributed by atoms with van der Waals surface area (Å²) in [5.41, 5.74) is 2.91.